The molecule has 15 nitrogen and oxygen atoms in total. The molecule has 0 aliphatic heterocycles. The Balaban J connectivity index is 1.56. The summed E-state index contributed by atoms with van der Waals surface area (Å²) in [5, 5.41) is 19.7. The number of aryl methyl sites for hydroxylation is 3. The van der Waals surface area contributed by atoms with E-state index in [-0.39, 0.29) is 36.0 Å². The number of carbonyl (C=O) groups is 5. The highest BCUT2D eigenvalue weighted by Crippen LogP contribution is 2.20. The van der Waals surface area contributed by atoms with E-state index in [1.165, 1.54) is 12.1 Å². The van der Waals surface area contributed by atoms with Crippen molar-refractivity contribution in [1.82, 2.24) is 29.4 Å². The van der Waals surface area contributed by atoms with Gasteiger partial charge in [-0.3, -0.25) is 29.2 Å². The van der Waals surface area contributed by atoms with Crippen LogP contribution in [0.4, 0.5) is 17.1 Å². The Morgan fingerprint density at radius 1 is 0.659 bits per heavy atom. The van der Waals surface area contributed by atoms with Crippen molar-refractivity contribution in [2.45, 2.75) is 32.1 Å². The summed E-state index contributed by atoms with van der Waals surface area (Å²) in [5.74, 6) is -1.86. The molecule has 0 aliphatic carbocycles. The van der Waals surface area contributed by atoms with Crippen LogP contribution in [0.5, 0.6) is 0 Å². The number of unbranched alkanes of at least 4 members (excludes halogenated alkanes) is 1. The maximum absolute atomic E-state index is 13.0. The fraction of sp³-hybridized carbons (Fsp3) is 0.414. The zero-order chi connectivity index (χ0) is 32.4. The minimum atomic E-state index is -0.506. The quantitative estimate of drug-likeness (QED) is 0.0861. The molecular weight excluding hydrogens is 570 g/mol. The number of anilines is 3. The molecule has 0 aliphatic rings. The number of nitrogens with one attached hydrogen (secondary N) is 5. The number of amides is 5. The maximum atomic E-state index is 13.0. The van der Waals surface area contributed by atoms with Crippen molar-refractivity contribution in [2.75, 3.05) is 43.1 Å². The van der Waals surface area contributed by atoms with Crippen molar-refractivity contribution in [2.24, 2.45) is 21.1 Å². The molecule has 3 rings (SSSR count). The van der Waals surface area contributed by atoms with Crippen molar-refractivity contribution in [3.63, 3.8) is 0 Å². The van der Waals surface area contributed by atoms with Crippen LogP contribution in [0, 0.1) is 0 Å². The Bertz CT molecular complexity index is 1500. The molecule has 0 radical (unpaired) electrons. The average molecular weight is 612 g/mol. The van der Waals surface area contributed by atoms with Gasteiger partial charge in [0.2, 0.25) is 11.8 Å². The summed E-state index contributed by atoms with van der Waals surface area (Å²) in [5.41, 5.74) is 3.82. The molecule has 0 fully saturated rings. The third-order valence-electron chi connectivity index (χ3n) is 6.76. The first-order chi connectivity index (χ1) is 20.9. The summed E-state index contributed by atoms with van der Waals surface area (Å²) in [6.45, 7) is 1.39. The number of rotatable bonds is 15. The molecule has 3 heterocycles. The third-order valence-corrected chi connectivity index (χ3v) is 6.76. The van der Waals surface area contributed by atoms with Crippen LogP contribution in [0.2, 0.25) is 0 Å². The highest BCUT2D eigenvalue weighted by Gasteiger charge is 2.19. The van der Waals surface area contributed by atoms with Crippen molar-refractivity contribution in [3.05, 3.63) is 53.9 Å². The van der Waals surface area contributed by atoms with Gasteiger partial charge in [0.05, 0.1) is 17.1 Å². The summed E-state index contributed by atoms with van der Waals surface area (Å²) in [7, 11) is 9.01. The summed E-state index contributed by atoms with van der Waals surface area (Å²) in [6, 6.07) is 4.68. The molecule has 0 spiro atoms. The zero-order valence-electron chi connectivity index (χ0n) is 25.7. The van der Waals surface area contributed by atoms with Gasteiger partial charge in [0, 0.05) is 59.1 Å². The van der Waals surface area contributed by atoms with Gasteiger partial charge < -0.3 is 39.9 Å². The van der Waals surface area contributed by atoms with Gasteiger partial charge in [-0.2, -0.15) is 0 Å². The van der Waals surface area contributed by atoms with E-state index in [0.29, 0.717) is 42.1 Å². The van der Waals surface area contributed by atoms with E-state index in [9.17, 15) is 24.0 Å². The Kier molecular flexibility index (Phi) is 11.9. The Morgan fingerprint density at radius 2 is 1.09 bits per heavy atom. The number of hydrogen-bond acceptors (Lipinski definition) is 7. The van der Waals surface area contributed by atoms with Crippen molar-refractivity contribution in [3.8, 4) is 0 Å². The maximum Gasteiger partial charge on any atom is 0.272 e. The average Bonchev–Trinajstić information content (AvgIpc) is 3.63. The second-order valence-corrected chi connectivity index (χ2v) is 10.8. The highest BCUT2D eigenvalue weighted by atomic mass is 16.5. The third kappa shape index (κ3) is 9.57. The Hall–Kier alpha value is -4.89. The predicted octanol–water partition coefficient (Wildman–Crippen LogP) is 1.89. The molecule has 5 amide bonds. The van der Waals surface area contributed by atoms with Crippen LogP contribution in [0.3, 0.4) is 0 Å². The topological polar surface area (TPSA) is 184 Å². The molecule has 238 valence electrons. The minimum absolute atomic E-state index is 0.117. The predicted molar refractivity (Wildman–Crippen MR) is 165 cm³/mol. The summed E-state index contributed by atoms with van der Waals surface area (Å²) in [6.07, 6.45) is 6.88. The molecule has 15 heteroatoms. The van der Waals surface area contributed by atoms with Crippen LogP contribution >= 0.6 is 0 Å². The molecule has 44 heavy (non-hydrogen) atoms. The first kappa shape index (κ1) is 33.6. The lowest BCUT2D eigenvalue weighted by atomic mass is 10.2. The van der Waals surface area contributed by atoms with Gasteiger partial charge in [-0.15, -0.1) is 0 Å². The summed E-state index contributed by atoms with van der Waals surface area (Å²) >= 11 is 0. The number of nitrogens with zero attached hydrogens (tertiary/aromatic N) is 4. The molecule has 0 saturated carbocycles. The van der Waals surface area contributed by atoms with Crippen molar-refractivity contribution in [1.29, 1.82) is 0 Å². The van der Waals surface area contributed by atoms with Crippen LogP contribution in [0.25, 0.3) is 0 Å². The van der Waals surface area contributed by atoms with Crippen LogP contribution in [0.15, 0.2) is 36.8 Å². The first-order valence-electron chi connectivity index (χ1n) is 14.2. The van der Waals surface area contributed by atoms with E-state index in [4.69, 9.17) is 5.21 Å². The van der Waals surface area contributed by atoms with Crippen molar-refractivity contribution >= 4 is 46.6 Å². The van der Waals surface area contributed by atoms with Gasteiger partial charge in [0.1, 0.15) is 17.1 Å². The van der Waals surface area contributed by atoms with E-state index >= 15 is 0 Å². The summed E-state index contributed by atoms with van der Waals surface area (Å²) in [4.78, 5) is 63.9. The van der Waals surface area contributed by atoms with Gasteiger partial charge in [0.25, 0.3) is 17.7 Å². The second kappa shape index (κ2) is 15.5. The van der Waals surface area contributed by atoms with Gasteiger partial charge in [-0.25, -0.2) is 5.48 Å². The molecule has 3 aromatic heterocycles. The fourth-order valence-electron chi connectivity index (χ4n) is 4.50. The van der Waals surface area contributed by atoms with E-state index in [1.54, 1.807) is 65.0 Å². The lowest BCUT2D eigenvalue weighted by Gasteiger charge is -2.10. The lowest BCUT2D eigenvalue weighted by Crippen LogP contribution is -2.28. The Morgan fingerprint density at radius 3 is 1.55 bits per heavy atom. The van der Waals surface area contributed by atoms with E-state index in [2.05, 4.69) is 21.3 Å². The van der Waals surface area contributed by atoms with Crippen LogP contribution in [0.1, 0.15) is 63.6 Å². The number of aromatic nitrogens is 3. The van der Waals surface area contributed by atoms with Gasteiger partial charge in [-0.1, -0.05) is 0 Å². The number of hydroxylamine groups is 1. The van der Waals surface area contributed by atoms with E-state index in [1.807, 2.05) is 19.0 Å². The fourth-order valence-corrected chi connectivity index (χ4v) is 4.50. The molecule has 3 aromatic rings. The van der Waals surface area contributed by atoms with Gasteiger partial charge >= 0.3 is 0 Å². The van der Waals surface area contributed by atoms with E-state index < -0.39 is 17.7 Å². The second-order valence-electron chi connectivity index (χ2n) is 10.8. The monoisotopic (exact) mass is 611 g/mol. The summed E-state index contributed by atoms with van der Waals surface area (Å²) < 4.78 is 4.79. The molecule has 0 aromatic carbocycles. The molecular formula is C29H41N9O6. The largest absolute Gasteiger partial charge is 0.351 e. The zero-order valence-corrected chi connectivity index (χ0v) is 25.7. The molecule has 0 atom stereocenters. The normalized spacial score (nSPS) is 10.9. The molecule has 0 unspecified atom stereocenters. The van der Waals surface area contributed by atoms with E-state index in [0.717, 1.165) is 13.0 Å². The number of hydrogen-bond donors (Lipinski definition) is 6. The smallest absolute Gasteiger partial charge is 0.272 e. The molecule has 0 bridgehead atoms. The van der Waals surface area contributed by atoms with Crippen LogP contribution < -0.4 is 26.7 Å². The lowest BCUT2D eigenvalue weighted by molar-refractivity contribution is -0.129. The number of carbonyl (C=O) groups excluding carboxylic acids is 5. The first-order valence-corrected chi connectivity index (χ1v) is 14.2. The Labute approximate surface area is 255 Å². The van der Waals surface area contributed by atoms with Crippen molar-refractivity contribution < 1.29 is 29.2 Å². The van der Waals surface area contributed by atoms with Gasteiger partial charge in [0.15, 0.2) is 0 Å². The molecule has 6 N–H and O–H groups in total. The molecule has 0 saturated heterocycles. The minimum Gasteiger partial charge on any atom is -0.351 e. The standard InChI is InChI=1S/C29H41N9O6/c1-35(2)12-8-11-30-27(41)22-14-20(17-36(22)3)32-29(43)24-15-21(18-38(24)5)33-28(42)23-13-19(16-37(23)4)31-25(39)9-6-7-10-26(40)34-44/h13-18,44H,6-12H2,1-5H3,(H,30,41)(H,31,39)(H,32,43)(H,33,42)(H,34,40). The van der Waals surface area contributed by atoms with Gasteiger partial charge in [-0.05, 0) is 58.1 Å². The highest BCUT2D eigenvalue weighted by molar-refractivity contribution is 6.07. The van der Waals surface area contributed by atoms with Crippen LogP contribution in [-0.2, 0) is 30.7 Å². The van der Waals surface area contributed by atoms with Crippen LogP contribution in [-0.4, -0.2) is 80.5 Å². The SMILES string of the molecule is CN(C)CCCNC(=O)c1cc(NC(=O)c2cc(NC(=O)c3cc(NC(=O)CCCCC(=O)NO)cn3C)cn2C)cn1C.